The molecule has 0 unspecified atom stereocenters. The normalized spacial score (nSPS) is 16.6. The summed E-state index contributed by atoms with van der Waals surface area (Å²) in [5.41, 5.74) is 4.82. The molecule has 2 aromatic heterocycles. The van der Waals surface area contributed by atoms with Crippen molar-refractivity contribution in [1.29, 1.82) is 0 Å². The van der Waals surface area contributed by atoms with Crippen molar-refractivity contribution >= 4 is 5.91 Å². The topological polar surface area (TPSA) is 66.8 Å². The van der Waals surface area contributed by atoms with E-state index in [1.807, 2.05) is 41.6 Å². The summed E-state index contributed by atoms with van der Waals surface area (Å²) >= 11 is 0. The zero-order valence-electron chi connectivity index (χ0n) is 16.6. The largest absolute Gasteiger partial charge is 0.334 e. The fourth-order valence-corrected chi connectivity index (χ4v) is 4.08. The maximum Gasteiger partial charge on any atom is 0.274 e. The van der Waals surface area contributed by atoms with Crippen molar-refractivity contribution in [1.82, 2.24) is 24.9 Å². The van der Waals surface area contributed by atoms with E-state index in [4.69, 9.17) is 0 Å². The van der Waals surface area contributed by atoms with Crippen LogP contribution in [0.4, 0.5) is 0 Å². The SMILES string of the molecule is Cc1cc(C)n(Cc2cc(C(=O)N3CCC[C@H]3CCc3ccccc3)n[nH]2)n1. The molecule has 0 bridgehead atoms. The molecule has 3 heterocycles. The third-order valence-electron chi connectivity index (χ3n) is 5.52. The lowest BCUT2D eigenvalue weighted by Crippen LogP contribution is -2.36. The maximum absolute atomic E-state index is 13.0. The quantitative estimate of drug-likeness (QED) is 0.715. The van der Waals surface area contributed by atoms with Crippen LogP contribution in [0.3, 0.4) is 0 Å². The maximum atomic E-state index is 13.0. The Balaban J connectivity index is 1.40. The van der Waals surface area contributed by atoms with E-state index >= 15 is 0 Å². The zero-order valence-corrected chi connectivity index (χ0v) is 16.6. The van der Waals surface area contributed by atoms with E-state index in [9.17, 15) is 4.79 Å². The molecule has 0 saturated carbocycles. The van der Waals surface area contributed by atoms with Gasteiger partial charge < -0.3 is 4.90 Å². The van der Waals surface area contributed by atoms with Crippen LogP contribution in [0.25, 0.3) is 0 Å². The number of amides is 1. The lowest BCUT2D eigenvalue weighted by atomic mass is 10.0. The van der Waals surface area contributed by atoms with Crippen LogP contribution < -0.4 is 0 Å². The molecule has 0 radical (unpaired) electrons. The molecule has 1 aliphatic rings. The number of hydrogen-bond donors (Lipinski definition) is 1. The third kappa shape index (κ3) is 4.01. The number of nitrogens with zero attached hydrogens (tertiary/aromatic N) is 4. The molecule has 146 valence electrons. The van der Waals surface area contributed by atoms with Gasteiger partial charge in [0.15, 0.2) is 0 Å². The zero-order chi connectivity index (χ0) is 19.5. The summed E-state index contributed by atoms with van der Waals surface area (Å²) in [5.74, 6) is 0.0337. The number of likely N-dealkylation sites (tertiary alicyclic amines) is 1. The number of H-pyrrole nitrogens is 1. The Labute approximate surface area is 165 Å². The highest BCUT2D eigenvalue weighted by atomic mass is 16.2. The molecule has 6 nitrogen and oxygen atoms in total. The minimum absolute atomic E-state index is 0.0337. The molecule has 0 aliphatic carbocycles. The number of rotatable bonds is 6. The first-order valence-electron chi connectivity index (χ1n) is 10.0. The highest BCUT2D eigenvalue weighted by molar-refractivity contribution is 5.92. The summed E-state index contributed by atoms with van der Waals surface area (Å²) < 4.78 is 1.93. The lowest BCUT2D eigenvalue weighted by Gasteiger charge is -2.24. The Bertz CT molecular complexity index is 943. The van der Waals surface area contributed by atoms with Gasteiger partial charge in [0.25, 0.3) is 5.91 Å². The second-order valence-corrected chi connectivity index (χ2v) is 7.68. The van der Waals surface area contributed by atoms with Gasteiger partial charge in [0, 0.05) is 18.3 Å². The van der Waals surface area contributed by atoms with Crippen molar-refractivity contribution in [3.05, 3.63) is 70.8 Å². The van der Waals surface area contributed by atoms with Crippen molar-refractivity contribution in [2.75, 3.05) is 6.54 Å². The Morgan fingerprint density at radius 2 is 2.04 bits per heavy atom. The standard InChI is InChI=1S/C22H27N5O/c1-16-13-17(2)27(25-16)15-19-14-21(24-23-19)22(28)26-12-6-9-20(26)11-10-18-7-4-3-5-8-18/h3-5,7-8,13-14,20H,6,9-12,15H2,1-2H3,(H,23,24)/t20-/m0/s1. The first kappa shape index (κ1) is 18.5. The van der Waals surface area contributed by atoms with E-state index in [0.29, 0.717) is 18.3 Å². The lowest BCUT2D eigenvalue weighted by molar-refractivity contribution is 0.0724. The minimum Gasteiger partial charge on any atom is -0.334 e. The fourth-order valence-electron chi connectivity index (χ4n) is 4.08. The van der Waals surface area contributed by atoms with Gasteiger partial charge >= 0.3 is 0 Å². The van der Waals surface area contributed by atoms with Crippen LogP contribution in [-0.4, -0.2) is 43.4 Å². The number of aromatic nitrogens is 4. The van der Waals surface area contributed by atoms with Gasteiger partial charge in [-0.05, 0) is 57.2 Å². The Kier molecular flexibility index (Phi) is 5.28. The van der Waals surface area contributed by atoms with E-state index in [1.165, 1.54) is 5.56 Å². The summed E-state index contributed by atoms with van der Waals surface area (Å²) in [6.07, 6.45) is 4.13. The summed E-state index contributed by atoms with van der Waals surface area (Å²) in [6.45, 7) is 5.42. The molecule has 6 heteroatoms. The second kappa shape index (κ2) is 8.00. The van der Waals surface area contributed by atoms with Gasteiger partial charge in [0.2, 0.25) is 0 Å². The number of aromatic amines is 1. The van der Waals surface area contributed by atoms with Crippen LogP contribution in [0.2, 0.25) is 0 Å². The van der Waals surface area contributed by atoms with E-state index in [0.717, 1.165) is 49.3 Å². The number of carbonyl (C=O) groups excluding carboxylic acids is 1. The molecule has 1 amide bonds. The number of benzene rings is 1. The molecule has 1 atom stereocenters. The van der Waals surface area contributed by atoms with Crippen LogP contribution in [0.1, 0.15) is 52.4 Å². The summed E-state index contributed by atoms with van der Waals surface area (Å²) in [4.78, 5) is 15.0. The first-order chi connectivity index (χ1) is 13.6. The first-order valence-corrected chi connectivity index (χ1v) is 10.0. The predicted octanol–water partition coefficient (Wildman–Crippen LogP) is 3.51. The summed E-state index contributed by atoms with van der Waals surface area (Å²) in [7, 11) is 0. The van der Waals surface area contributed by atoms with Gasteiger partial charge in [-0.3, -0.25) is 14.6 Å². The summed E-state index contributed by atoms with van der Waals surface area (Å²) in [5, 5.41) is 11.8. The van der Waals surface area contributed by atoms with Crippen LogP contribution >= 0.6 is 0 Å². The number of hydrogen-bond acceptors (Lipinski definition) is 3. The number of carbonyl (C=O) groups is 1. The van der Waals surface area contributed by atoms with E-state index in [1.54, 1.807) is 0 Å². The smallest absolute Gasteiger partial charge is 0.274 e. The van der Waals surface area contributed by atoms with Gasteiger partial charge in [-0.2, -0.15) is 10.2 Å². The van der Waals surface area contributed by atoms with Crippen molar-refractivity contribution < 1.29 is 4.79 Å². The molecule has 1 saturated heterocycles. The molecule has 0 spiro atoms. The van der Waals surface area contributed by atoms with E-state index < -0.39 is 0 Å². The third-order valence-corrected chi connectivity index (χ3v) is 5.52. The average molecular weight is 377 g/mol. The Morgan fingerprint density at radius 1 is 1.21 bits per heavy atom. The molecular weight excluding hydrogens is 350 g/mol. The Morgan fingerprint density at radius 3 is 2.79 bits per heavy atom. The van der Waals surface area contributed by atoms with Crippen molar-refractivity contribution in [3.63, 3.8) is 0 Å². The highest BCUT2D eigenvalue weighted by Crippen LogP contribution is 2.24. The molecule has 28 heavy (non-hydrogen) atoms. The van der Waals surface area contributed by atoms with Gasteiger partial charge in [0.05, 0.1) is 17.9 Å². The highest BCUT2D eigenvalue weighted by Gasteiger charge is 2.30. The van der Waals surface area contributed by atoms with Gasteiger partial charge in [-0.15, -0.1) is 0 Å². The molecule has 1 aromatic carbocycles. The molecule has 1 N–H and O–H groups in total. The minimum atomic E-state index is 0.0337. The molecular formula is C22H27N5O. The fraction of sp³-hybridized carbons (Fsp3) is 0.409. The van der Waals surface area contributed by atoms with Crippen molar-refractivity contribution in [2.45, 2.75) is 52.1 Å². The molecule has 1 fully saturated rings. The number of aryl methyl sites for hydroxylation is 3. The van der Waals surface area contributed by atoms with Crippen LogP contribution in [0.15, 0.2) is 42.5 Å². The predicted molar refractivity (Wildman–Crippen MR) is 108 cm³/mol. The van der Waals surface area contributed by atoms with E-state index in [-0.39, 0.29) is 5.91 Å². The monoisotopic (exact) mass is 377 g/mol. The van der Waals surface area contributed by atoms with Crippen LogP contribution in [-0.2, 0) is 13.0 Å². The van der Waals surface area contributed by atoms with Crippen molar-refractivity contribution in [2.24, 2.45) is 0 Å². The van der Waals surface area contributed by atoms with Crippen LogP contribution in [0.5, 0.6) is 0 Å². The second-order valence-electron chi connectivity index (χ2n) is 7.68. The van der Waals surface area contributed by atoms with Crippen molar-refractivity contribution in [3.8, 4) is 0 Å². The average Bonchev–Trinajstić information content (AvgIpc) is 3.41. The summed E-state index contributed by atoms with van der Waals surface area (Å²) in [6, 6.07) is 14.7. The van der Waals surface area contributed by atoms with Gasteiger partial charge in [0.1, 0.15) is 5.69 Å². The van der Waals surface area contributed by atoms with Crippen LogP contribution in [0, 0.1) is 13.8 Å². The molecule has 4 rings (SSSR count). The molecule has 3 aromatic rings. The van der Waals surface area contributed by atoms with E-state index in [2.05, 4.69) is 39.6 Å². The number of nitrogens with one attached hydrogen (secondary N) is 1. The van der Waals surface area contributed by atoms with Gasteiger partial charge in [-0.25, -0.2) is 0 Å². The molecule has 1 aliphatic heterocycles. The van der Waals surface area contributed by atoms with Gasteiger partial charge in [-0.1, -0.05) is 30.3 Å². The Hall–Kier alpha value is -2.89.